The predicted molar refractivity (Wildman–Crippen MR) is 87.1 cm³/mol. The van der Waals surface area contributed by atoms with E-state index in [9.17, 15) is 4.79 Å². The number of hydrogen-bond donors (Lipinski definition) is 1. The highest BCUT2D eigenvalue weighted by molar-refractivity contribution is 14.1. The SMILES string of the molecule is Cc1cc(Oc2ccc(I)cc2)ccc1C=CC(=O)O. The Hall–Kier alpha value is -1.82. The molecule has 3 nitrogen and oxygen atoms in total. The molecule has 0 aliphatic carbocycles. The zero-order valence-corrected chi connectivity index (χ0v) is 13.0. The Morgan fingerprint density at radius 2 is 1.80 bits per heavy atom. The standard InChI is InChI=1S/C16H13IO3/c1-11-10-15(6-2-12(11)3-9-16(18)19)20-14-7-4-13(17)5-8-14/h2-10H,1H3,(H,18,19). The molecule has 0 fully saturated rings. The molecule has 0 unspecified atom stereocenters. The Balaban J connectivity index is 2.16. The van der Waals surface area contributed by atoms with E-state index in [-0.39, 0.29) is 0 Å². The van der Waals surface area contributed by atoms with Crippen molar-refractivity contribution in [1.29, 1.82) is 0 Å². The third-order valence-electron chi connectivity index (χ3n) is 2.70. The molecule has 1 N–H and O–H groups in total. The highest BCUT2D eigenvalue weighted by atomic mass is 127. The lowest BCUT2D eigenvalue weighted by Crippen LogP contribution is -1.89. The Morgan fingerprint density at radius 3 is 2.40 bits per heavy atom. The summed E-state index contributed by atoms with van der Waals surface area (Å²) >= 11 is 2.24. The number of halogens is 1. The summed E-state index contributed by atoms with van der Waals surface area (Å²) < 4.78 is 6.90. The maximum Gasteiger partial charge on any atom is 0.328 e. The molecule has 20 heavy (non-hydrogen) atoms. The number of aliphatic carboxylic acids is 1. The third-order valence-corrected chi connectivity index (χ3v) is 3.42. The predicted octanol–water partition coefficient (Wildman–Crippen LogP) is 4.49. The Bertz CT molecular complexity index is 645. The van der Waals surface area contributed by atoms with Gasteiger partial charge in [-0.1, -0.05) is 6.07 Å². The lowest BCUT2D eigenvalue weighted by molar-refractivity contribution is -0.131. The molecule has 2 aromatic carbocycles. The Morgan fingerprint density at radius 1 is 1.15 bits per heavy atom. The molecule has 0 bridgehead atoms. The molecule has 0 spiro atoms. The van der Waals surface area contributed by atoms with Gasteiger partial charge in [-0.25, -0.2) is 4.79 Å². The van der Waals surface area contributed by atoms with Crippen molar-refractivity contribution in [2.75, 3.05) is 0 Å². The summed E-state index contributed by atoms with van der Waals surface area (Å²) in [7, 11) is 0. The second kappa shape index (κ2) is 6.56. The van der Waals surface area contributed by atoms with Crippen LogP contribution in [0.5, 0.6) is 11.5 Å². The van der Waals surface area contributed by atoms with E-state index in [1.54, 1.807) is 6.08 Å². The van der Waals surface area contributed by atoms with Gasteiger partial charge in [0.15, 0.2) is 0 Å². The first-order valence-corrected chi connectivity index (χ1v) is 7.07. The first-order chi connectivity index (χ1) is 9.54. The molecule has 0 saturated carbocycles. The van der Waals surface area contributed by atoms with Crippen LogP contribution in [-0.2, 0) is 4.79 Å². The van der Waals surface area contributed by atoms with Crippen LogP contribution in [0, 0.1) is 10.5 Å². The molecule has 4 heteroatoms. The van der Waals surface area contributed by atoms with Gasteiger partial charge in [-0.3, -0.25) is 0 Å². The maximum absolute atomic E-state index is 10.5. The van der Waals surface area contributed by atoms with Gasteiger partial charge in [0.25, 0.3) is 0 Å². The van der Waals surface area contributed by atoms with Crippen LogP contribution in [0.1, 0.15) is 11.1 Å². The second-order valence-corrected chi connectivity index (χ2v) is 5.49. The molecule has 2 aromatic rings. The fraction of sp³-hybridized carbons (Fsp3) is 0.0625. The van der Waals surface area contributed by atoms with Crippen molar-refractivity contribution < 1.29 is 14.6 Å². The van der Waals surface area contributed by atoms with E-state index in [2.05, 4.69) is 22.6 Å². The number of benzene rings is 2. The number of aryl methyl sites for hydroxylation is 1. The van der Waals surface area contributed by atoms with Crippen LogP contribution < -0.4 is 4.74 Å². The van der Waals surface area contributed by atoms with Crippen LogP contribution in [-0.4, -0.2) is 11.1 Å². The van der Waals surface area contributed by atoms with E-state index in [0.29, 0.717) is 0 Å². The summed E-state index contributed by atoms with van der Waals surface area (Å²) in [4.78, 5) is 10.5. The van der Waals surface area contributed by atoms with Crippen molar-refractivity contribution in [1.82, 2.24) is 0 Å². The summed E-state index contributed by atoms with van der Waals surface area (Å²) in [5, 5.41) is 8.63. The Labute approximate surface area is 131 Å². The minimum atomic E-state index is -0.955. The number of carboxylic acid groups (broad SMARTS) is 1. The molecule has 102 valence electrons. The van der Waals surface area contributed by atoms with E-state index in [0.717, 1.165) is 32.3 Å². The number of hydrogen-bond acceptors (Lipinski definition) is 2. The molecule has 0 heterocycles. The third kappa shape index (κ3) is 4.09. The van der Waals surface area contributed by atoms with E-state index in [1.807, 2.05) is 49.4 Å². The monoisotopic (exact) mass is 380 g/mol. The van der Waals surface area contributed by atoms with Crippen molar-refractivity contribution >= 4 is 34.6 Å². The summed E-state index contributed by atoms with van der Waals surface area (Å²) in [6, 6.07) is 13.3. The molecule has 0 aromatic heterocycles. The van der Waals surface area contributed by atoms with Gasteiger partial charge in [-0.15, -0.1) is 0 Å². The number of ether oxygens (including phenoxy) is 1. The minimum absolute atomic E-state index is 0.733. The molecule has 0 aliphatic rings. The zero-order chi connectivity index (χ0) is 14.5. The summed E-state index contributed by atoms with van der Waals surface area (Å²) in [6.45, 7) is 1.92. The number of carbonyl (C=O) groups is 1. The van der Waals surface area contributed by atoms with Gasteiger partial charge in [0, 0.05) is 9.65 Å². The van der Waals surface area contributed by atoms with Crippen LogP contribution in [0.25, 0.3) is 6.08 Å². The fourth-order valence-corrected chi connectivity index (χ4v) is 2.06. The van der Waals surface area contributed by atoms with Crippen molar-refractivity contribution in [3.05, 3.63) is 63.2 Å². The highest BCUT2D eigenvalue weighted by Gasteiger charge is 2.01. The maximum atomic E-state index is 10.5. The van der Waals surface area contributed by atoms with Gasteiger partial charge in [0.1, 0.15) is 11.5 Å². The van der Waals surface area contributed by atoms with Crippen LogP contribution in [0.15, 0.2) is 48.5 Å². The van der Waals surface area contributed by atoms with Crippen LogP contribution in [0.3, 0.4) is 0 Å². The lowest BCUT2D eigenvalue weighted by atomic mass is 10.1. The molecular formula is C16H13IO3. The van der Waals surface area contributed by atoms with Gasteiger partial charge >= 0.3 is 5.97 Å². The summed E-state index contributed by atoms with van der Waals surface area (Å²) in [6.07, 6.45) is 2.70. The average Bonchev–Trinajstić information content (AvgIpc) is 2.40. The largest absolute Gasteiger partial charge is 0.478 e. The number of carboxylic acids is 1. The summed E-state index contributed by atoms with van der Waals surface area (Å²) in [5.41, 5.74) is 1.83. The molecule has 2 rings (SSSR count). The van der Waals surface area contributed by atoms with Crippen LogP contribution >= 0.6 is 22.6 Å². The van der Waals surface area contributed by atoms with Gasteiger partial charge < -0.3 is 9.84 Å². The topological polar surface area (TPSA) is 46.5 Å². The first-order valence-electron chi connectivity index (χ1n) is 6.00. The zero-order valence-electron chi connectivity index (χ0n) is 10.8. The van der Waals surface area contributed by atoms with Crippen molar-refractivity contribution in [2.45, 2.75) is 6.92 Å². The highest BCUT2D eigenvalue weighted by Crippen LogP contribution is 2.25. The molecule has 0 saturated heterocycles. The average molecular weight is 380 g/mol. The second-order valence-electron chi connectivity index (χ2n) is 4.25. The first kappa shape index (κ1) is 14.6. The normalized spacial score (nSPS) is 10.7. The molecular weight excluding hydrogens is 367 g/mol. The van der Waals surface area contributed by atoms with Crippen LogP contribution in [0.2, 0.25) is 0 Å². The Kier molecular flexibility index (Phi) is 4.79. The minimum Gasteiger partial charge on any atom is -0.478 e. The van der Waals surface area contributed by atoms with Gasteiger partial charge in [0.05, 0.1) is 0 Å². The summed E-state index contributed by atoms with van der Waals surface area (Å²) in [5.74, 6) is 0.554. The van der Waals surface area contributed by atoms with Gasteiger partial charge in [0.2, 0.25) is 0 Å². The molecule has 0 radical (unpaired) electrons. The molecule has 0 atom stereocenters. The number of rotatable bonds is 4. The molecule has 0 amide bonds. The smallest absolute Gasteiger partial charge is 0.328 e. The van der Waals surface area contributed by atoms with Crippen molar-refractivity contribution in [3.63, 3.8) is 0 Å². The van der Waals surface area contributed by atoms with Crippen LogP contribution in [0.4, 0.5) is 0 Å². The van der Waals surface area contributed by atoms with E-state index in [1.165, 1.54) is 0 Å². The fourth-order valence-electron chi connectivity index (χ4n) is 1.70. The lowest BCUT2D eigenvalue weighted by Gasteiger charge is -2.08. The quantitative estimate of drug-likeness (QED) is 0.628. The van der Waals surface area contributed by atoms with E-state index in [4.69, 9.17) is 9.84 Å². The van der Waals surface area contributed by atoms with E-state index >= 15 is 0 Å². The van der Waals surface area contributed by atoms with Crippen molar-refractivity contribution in [2.24, 2.45) is 0 Å². The van der Waals surface area contributed by atoms with Crippen molar-refractivity contribution in [3.8, 4) is 11.5 Å². The van der Waals surface area contributed by atoms with Gasteiger partial charge in [-0.05, 0) is 83.1 Å². The van der Waals surface area contributed by atoms with Gasteiger partial charge in [-0.2, -0.15) is 0 Å². The molecule has 0 aliphatic heterocycles. The van der Waals surface area contributed by atoms with E-state index < -0.39 is 5.97 Å².